The van der Waals surface area contributed by atoms with Crippen molar-refractivity contribution in [3.63, 3.8) is 0 Å². The second-order valence-electron chi connectivity index (χ2n) is 7.28. The fourth-order valence-corrected chi connectivity index (χ4v) is 2.89. The molecule has 0 unspecified atom stereocenters. The first-order valence-corrected chi connectivity index (χ1v) is 9.61. The third-order valence-corrected chi connectivity index (χ3v) is 4.60. The molecule has 0 bridgehead atoms. The third kappa shape index (κ3) is 6.23. The summed E-state index contributed by atoms with van der Waals surface area (Å²) in [6, 6.07) is 2.69. The topological polar surface area (TPSA) is 124 Å². The lowest BCUT2D eigenvalue weighted by Crippen LogP contribution is -2.38. The summed E-state index contributed by atoms with van der Waals surface area (Å²) in [5.74, 6) is 0.303. The van der Waals surface area contributed by atoms with Crippen molar-refractivity contribution in [2.24, 2.45) is 5.92 Å². The first-order valence-electron chi connectivity index (χ1n) is 9.61. The van der Waals surface area contributed by atoms with Crippen LogP contribution in [0.1, 0.15) is 18.5 Å². The van der Waals surface area contributed by atoms with Gasteiger partial charge in [0.25, 0.3) is 6.43 Å². The van der Waals surface area contributed by atoms with Crippen molar-refractivity contribution in [2.45, 2.75) is 25.3 Å². The Morgan fingerprint density at radius 1 is 1.29 bits per heavy atom. The summed E-state index contributed by atoms with van der Waals surface area (Å²) in [7, 11) is 1.48. The van der Waals surface area contributed by atoms with Crippen LogP contribution >= 0.6 is 0 Å². The van der Waals surface area contributed by atoms with Gasteiger partial charge in [-0.3, -0.25) is 14.7 Å². The second-order valence-corrected chi connectivity index (χ2v) is 7.28. The molecule has 2 heterocycles. The van der Waals surface area contributed by atoms with Crippen LogP contribution < -0.4 is 10.6 Å². The van der Waals surface area contributed by atoms with Gasteiger partial charge in [0.1, 0.15) is 12.4 Å². The van der Waals surface area contributed by atoms with Crippen LogP contribution in [0, 0.1) is 17.2 Å². The number of rotatable bonds is 10. The van der Waals surface area contributed by atoms with Gasteiger partial charge < -0.3 is 15.4 Å². The summed E-state index contributed by atoms with van der Waals surface area (Å²) in [5, 5.41) is 14.9. The predicted molar refractivity (Wildman–Crippen MR) is 108 cm³/mol. The maximum absolute atomic E-state index is 12.5. The van der Waals surface area contributed by atoms with Crippen molar-refractivity contribution in [3.8, 4) is 17.3 Å². The van der Waals surface area contributed by atoms with Crippen LogP contribution in [0.5, 0.6) is 0 Å². The van der Waals surface area contributed by atoms with Crippen LogP contribution in [0.2, 0.25) is 0 Å². The predicted octanol–water partition coefficient (Wildman–Crippen LogP) is 1.94. The minimum atomic E-state index is -2.52. The molecule has 2 N–H and O–H groups in total. The zero-order valence-electron chi connectivity index (χ0n) is 16.8. The van der Waals surface area contributed by atoms with Gasteiger partial charge in [0, 0.05) is 24.2 Å². The number of likely N-dealkylation sites (N-methyl/N-ethyl adjacent to an activating group) is 1. The number of aromatic nitrogens is 3. The number of alkyl halides is 2. The minimum absolute atomic E-state index is 0.0259. The van der Waals surface area contributed by atoms with E-state index in [1.165, 1.54) is 30.5 Å². The number of pyridine rings is 1. The highest BCUT2D eigenvalue weighted by molar-refractivity contribution is 5.93. The lowest BCUT2D eigenvalue weighted by Gasteiger charge is -2.22. The molecule has 11 heteroatoms. The molecular weight excluding hydrogens is 408 g/mol. The maximum Gasteiger partial charge on any atom is 0.251 e. The van der Waals surface area contributed by atoms with Crippen LogP contribution in [-0.2, 0) is 9.59 Å². The summed E-state index contributed by atoms with van der Waals surface area (Å²) < 4.78 is 25.1. The number of nitriles is 1. The molecule has 1 aliphatic carbocycles. The fourth-order valence-electron chi connectivity index (χ4n) is 2.89. The van der Waals surface area contributed by atoms with Gasteiger partial charge in [-0.2, -0.15) is 5.26 Å². The van der Waals surface area contributed by atoms with Crippen LogP contribution in [0.4, 0.5) is 20.3 Å². The Morgan fingerprint density at radius 2 is 2.06 bits per heavy atom. The number of carbonyl (C=O) groups is 2. The van der Waals surface area contributed by atoms with Gasteiger partial charge >= 0.3 is 0 Å². The van der Waals surface area contributed by atoms with E-state index in [1.807, 2.05) is 6.07 Å². The molecule has 1 amide bonds. The van der Waals surface area contributed by atoms with Crippen molar-refractivity contribution in [1.29, 1.82) is 5.26 Å². The Kier molecular flexibility index (Phi) is 7.15. The summed E-state index contributed by atoms with van der Waals surface area (Å²) in [6.45, 7) is -0.452. The third-order valence-electron chi connectivity index (χ3n) is 4.60. The summed E-state index contributed by atoms with van der Waals surface area (Å²) >= 11 is 0. The Bertz CT molecular complexity index is 974. The highest BCUT2D eigenvalue weighted by Gasteiger charge is 2.29. The van der Waals surface area contributed by atoms with Crippen molar-refractivity contribution in [1.82, 2.24) is 19.9 Å². The number of nitrogens with zero attached hydrogens (tertiary/aromatic N) is 5. The Labute approximate surface area is 177 Å². The molecule has 3 rings (SSSR count). The van der Waals surface area contributed by atoms with E-state index in [0.717, 1.165) is 12.8 Å². The average Bonchev–Trinajstić information content (AvgIpc) is 3.58. The van der Waals surface area contributed by atoms with Gasteiger partial charge in [0.05, 0.1) is 36.4 Å². The van der Waals surface area contributed by atoms with Gasteiger partial charge in [-0.05, 0) is 26.0 Å². The molecule has 1 fully saturated rings. The van der Waals surface area contributed by atoms with Crippen LogP contribution in [-0.4, -0.2) is 64.6 Å². The molecule has 162 valence electrons. The molecule has 2 aromatic rings. The van der Waals surface area contributed by atoms with Crippen LogP contribution in [0.15, 0.2) is 24.7 Å². The standard InChI is InChI=1S/C20H21F2N7O2/c1-29(10-18(21)22)9-14(11-30)27-15-4-13(6-24-16(15)5-23)17-7-26-19(8-25-17)28-20(31)12-2-3-12/h4,6-8,11-12,14,18,27H,2-3,9-10H2,1H3,(H,26,28,31)/t14-/m1/s1. The molecule has 9 nitrogen and oxygen atoms in total. The Balaban J connectivity index is 1.74. The fraction of sp³-hybridized carbons (Fsp3) is 0.400. The van der Waals surface area contributed by atoms with E-state index >= 15 is 0 Å². The van der Waals surface area contributed by atoms with Gasteiger partial charge in [0.2, 0.25) is 5.91 Å². The molecule has 2 aromatic heterocycles. The first kappa shape index (κ1) is 22.2. The van der Waals surface area contributed by atoms with E-state index in [0.29, 0.717) is 23.4 Å². The molecule has 1 aliphatic rings. The minimum Gasteiger partial charge on any atom is -0.372 e. The molecule has 0 aromatic carbocycles. The number of amides is 1. The summed E-state index contributed by atoms with van der Waals surface area (Å²) in [4.78, 5) is 37.1. The lowest BCUT2D eigenvalue weighted by atomic mass is 10.1. The largest absolute Gasteiger partial charge is 0.372 e. The molecule has 0 spiro atoms. The quantitative estimate of drug-likeness (QED) is 0.549. The Hall–Kier alpha value is -3.52. The zero-order valence-corrected chi connectivity index (χ0v) is 16.8. The number of carbonyl (C=O) groups excluding carboxylic acids is 2. The van der Waals surface area contributed by atoms with Crippen LogP contribution in [0.25, 0.3) is 11.3 Å². The van der Waals surface area contributed by atoms with Gasteiger partial charge in [-0.1, -0.05) is 0 Å². The van der Waals surface area contributed by atoms with E-state index in [9.17, 15) is 23.6 Å². The van der Waals surface area contributed by atoms with E-state index in [-0.39, 0.29) is 29.8 Å². The monoisotopic (exact) mass is 429 g/mol. The van der Waals surface area contributed by atoms with E-state index in [1.54, 1.807) is 6.07 Å². The molecule has 0 radical (unpaired) electrons. The molecule has 1 saturated carbocycles. The van der Waals surface area contributed by atoms with E-state index < -0.39 is 19.0 Å². The molecule has 0 aliphatic heterocycles. The number of hydrogen-bond donors (Lipinski definition) is 2. The number of hydrogen-bond acceptors (Lipinski definition) is 8. The van der Waals surface area contributed by atoms with Crippen molar-refractivity contribution in [2.75, 3.05) is 30.8 Å². The number of nitrogens with one attached hydrogen (secondary N) is 2. The Morgan fingerprint density at radius 3 is 2.65 bits per heavy atom. The average molecular weight is 429 g/mol. The van der Waals surface area contributed by atoms with Crippen molar-refractivity contribution in [3.05, 3.63) is 30.4 Å². The number of halogens is 2. The molecule has 0 saturated heterocycles. The van der Waals surface area contributed by atoms with Gasteiger partial charge in [-0.15, -0.1) is 0 Å². The lowest BCUT2D eigenvalue weighted by molar-refractivity contribution is -0.117. The zero-order chi connectivity index (χ0) is 22.4. The second kappa shape index (κ2) is 9.99. The van der Waals surface area contributed by atoms with Crippen molar-refractivity contribution >= 4 is 23.7 Å². The number of aldehydes is 1. The van der Waals surface area contributed by atoms with Crippen LogP contribution in [0.3, 0.4) is 0 Å². The summed E-state index contributed by atoms with van der Waals surface area (Å²) in [6.07, 6.45) is 4.15. The molecule has 1 atom stereocenters. The molecular formula is C20H21F2N7O2. The van der Waals surface area contributed by atoms with Gasteiger partial charge in [0.15, 0.2) is 11.5 Å². The van der Waals surface area contributed by atoms with E-state index in [4.69, 9.17) is 0 Å². The normalized spacial score (nSPS) is 14.2. The maximum atomic E-state index is 12.5. The van der Waals surface area contributed by atoms with E-state index in [2.05, 4.69) is 25.6 Å². The summed E-state index contributed by atoms with van der Waals surface area (Å²) in [5.41, 5.74) is 1.30. The number of anilines is 2. The first-order chi connectivity index (χ1) is 14.9. The molecule has 31 heavy (non-hydrogen) atoms. The van der Waals surface area contributed by atoms with Crippen molar-refractivity contribution < 1.29 is 18.4 Å². The highest BCUT2D eigenvalue weighted by Crippen LogP contribution is 2.30. The SMILES string of the molecule is CN(CC(F)F)C[C@H](C=O)Nc1cc(-c2cnc(NC(=O)C3CC3)cn2)cnc1C#N. The smallest absolute Gasteiger partial charge is 0.251 e. The van der Waals surface area contributed by atoms with Gasteiger partial charge in [-0.25, -0.2) is 18.7 Å². The highest BCUT2D eigenvalue weighted by atomic mass is 19.3.